The summed E-state index contributed by atoms with van der Waals surface area (Å²) in [5.74, 6) is 3.10. The Balaban J connectivity index is 0.916. The van der Waals surface area contributed by atoms with E-state index in [2.05, 4.69) is 15.3 Å². The van der Waals surface area contributed by atoms with Crippen LogP contribution in [0.25, 0.3) is 11.5 Å². The van der Waals surface area contributed by atoms with Gasteiger partial charge in [-0.3, -0.25) is 4.79 Å². The van der Waals surface area contributed by atoms with Crippen LogP contribution in [0.15, 0.2) is 33.3 Å². The first-order valence-electron chi connectivity index (χ1n) is 16.1. The number of hydrogen-bond acceptors (Lipinski definition) is 7. The van der Waals surface area contributed by atoms with Crippen LogP contribution >= 0.6 is 0 Å². The van der Waals surface area contributed by atoms with E-state index in [1.54, 1.807) is 0 Å². The molecule has 10 aliphatic rings. The smallest absolute Gasteiger partial charge is 0.258 e. The van der Waals surface area contributed by atoms with Gasteiger partial charge in [-0.2, -0.15) is 9.97 Å². The van der Waals surface area contributed by atoms with Crippen LogP contribution in [0, 0.1) is 10.8 Å². The molecule has 10 saturated carbocycles. The van der Waals surface area contributed by atoms with Gasteiger partial charge in [0.1, 0.15) is 11.3 Å². The molecule has 2 aromatic heterocycles. The second kappa shape index (κ2) is 7.72. The number of carbonyl (C=O) groups is 1. The fraction of sp³-hybridized carbons (Fsp3) is 0.667. The van der Waals surface area contributed by atoms with E-state index >= 15 is 0 Å². The Morgan fingerprint density at radius 2 is 1.56 bits per heavy atom. The van der Waals surface area contributed by atoms with Gasteiger partial charge in [0.05, 0.1) is 10.8 Å². The number of rotatable bonds is 8. The zero-order valence-corrected chi connectivity index (χ0v) is 24.2. The lowest BCUT2D eigenvalue weighted by Gasteiger charge is -2.65. The summed E-state index contributed by atoms with van der Waals surface area (Å²) in [6.45, 7) is 0.614. The monoisotopic (exact) mass is 587 g/mol. The average Bonchev–Trinajstić information content (AvgIpc) is 3.47. The van der Waals surface area contributed by atoms with E-state index in [0.29, 0.717) is 62.8 Å². The van der Waals surface area contributed by atoms with E-state index in [4.69, 9.17) is 14.0 Å². The van der Waals surface area contributed by atoms with E-state index in [9.17, 15) is 13.6 Å². The molecular weight excluding hydrogens is 552 g/mol. The zero-order chi connectivity index (χ0) is 28.9. The fourth-order valence-corrected chi connectivity index (χ4v) is 9.84. The van der Waals surface area contributed by atoms with Crippen LogP contribution in [0.1, 0.15) is 113 Å². The number of nitrogens with zero attached hydrogens (tertiary/aromatic N) is 5. The molecule has 3 aromatic rings. The summed E-state index contributed by atoms with van der Waals surface area (Å²) in [6.07, 6.45) is 10.5. The van der Waals surface area contributed by atoms with E-state index in [1.807, 2.05) is 29.2 Å². The highest BCUT2D eigenvalue weighted by Gasteiger charge is 2.74. The largest absolute Gasteiger partial charge is 0.339 e. The Labute approximate surface area is 248 Å². The molecule has 0 N–H and O–H groups in total. The van der Waals surface area contributed by atoms with E-state index < -0.39 is 16.8 Å². The van der Waals surface area contributed by atoms with Crippen LogP contribution in [-0.2, 0) is 15.6 Å². The third-order valence-electron chi connectivity index (χ3n) is 12.7. The van der Waals surface area contributed by atoms with Gasteiger partial charge < -0.3 is 13.9 Å². The predicted octanol–water partition coefficient (Wildman–Crippen LogP) is 6.66. The van der Waals surface area contributed by atoms with Crippen LogP contribution in [0.3, 0.4) is 0 Å². The standard InChI is InChI=1S/C33H35F2N5O3/c34-32-13-30(14-32,15-32)26-37-25(39-43-26)29-9-6-28(7-10-29,8-11-29)19-40(27(41)31-16-33(35,17-31)18-31)22-3-1-2-21(12-22)24-36-23(38-42-24)20-4-5-20/h1-3,12,20H,4-11,13-19H2. The maximum absolute atomic E-state index is 14.6. The van der Waals surface area contributed by atoms with Crippen molar-refractivity contribution in [2.45, 2.75) is 118 Å². The number of benzene rings is 1. The van der Waals surface area contributed by atoms with Crippen LogP contribution < -0.4 is 4.90 Å². The number of fused-ring (bicyclic) bond motifs is 3. The normalized spacial score (nSPS) is 41.5. The Bertz CT molecular complexity index is 1630. The minimum absolute atomic E-state index is 0.0188. The summed E-state index contributed by atoms with van der Waals surface area (Å²) >= 11 is 0. The maximum Gasteiger partial charge on any atom is 0.258 e. The molecule has 8 nitrogen and oxygen atoms in total. The van der Waals surface area contributed by atoms with Crippen molar-refractivity contribution in [3.8, 4) is 11.5 Å². The van der Waals surface area contributed by atoms with Gasteiger partial charge in [0.15, 0.2) is 11.6 Å². The highest BCUT2D eigenvalue weighted by atomic mass is 19.1. The molecule has 0 aliphatic heterocycles. The lowest BCUT2D eigenvalue weighted by Crippen LogP contribution is -2.71. The van der Waals surface area contributed by atoms with Crippen molar-refractivity contribution in [3.05, 3.63) is 41.8 Å². The Hall–Kier alpha value is -3.17. The highest BCUT2D eigenvalue weighted by Crippen LogP contribution is 2.71. The Kier molecular flexibility index (Phi) is 4.52. The Morgan fingerprint density at radius 1 is 0.860 bits per heavy atom. The quantitative estimate of drug-likeness (QED) is 0.291. The van der Waals surface area contributed by atoms with Crippen LogP contribution in [0.5, 0.6) is 0 Å². The van der Waals surface area contributed by atoms with Gasteiger partial charge >= 0.3 is 0 Å². The molecule has 0 unspecified atom stereocenters. The first kappa shape index (κ1) is 25.2. The van der Waals surface area contributed by atoms with Crippen molar-refractivity contribution < 1.29 is 22.6 Å². The summed E-state index contributed by atoms with van der Waals surface area (Å²) in [5, 5.41) is 8.63. The summed E-state index contributed by atoms with van der Waals surface area (Å²) < 4.78 is 40.1. The number of alkyl halides is 2. The van der Waals surface area contributed by atoms with Gasteiger partial charge in [-0.15, -0.1) is 0 Å². The Morgan fingerprint density at radius 3 is 2.21 bits per heavy atom. The van der Waals surface area contributed by atoms with Gasteiger partial charge in [-0.05, 0) is 114 Å². The van der Waals surface area contributed by atoms with E-state index in [1.165, 1.54) is 0 Å². The SMILES string of the molecule is O=C(N(CC12CCC(c3noc(C45CC(F)(C4)C5)n3)(CC1)CC2)c1cccc(-c2nc(C3CC3)no2)c1)C12CC(F)(C1)C2. The molecule has 0 radical (unpaired) electrons. The number of carbonyl (C=O) groups excluding carboxylic acids is 1. The van der Waals surface area contributed by atoms with Crippen molar-refractivity contribution in [1.29, 1.82) is 0 Å². The minimum atomic E-state index is -1.15. The van der Waals surface area contributed by atoms with E-state index in [-0.39, 0.29) is 22.2 Å². The molecule has 10 aliphatic carbocycles. The second-order valence-corrected chi connectivity index (χ2v) is 15.8. The summed E-state index contributed by atoms with van der Waals surface area (Å²) in [4.78, 5) is 25.7. The van der Waals surface area contributed by atoms with Gasteiger partial charge in [0.25, 0.3) is 5.89 Å². The summed E-state index contributed by atoms with van der Waals surface area (Å²) in [6, 6.07) is 7.86. The van der Waals surface area contributed by atoms with Crippen LogP contribution in [0.2, 0.25) is 0 Å². The molecule has 2 heterocycles. The molecule has 10 heteroatoms. The molecule has 0 saturated heterocycles. The fourth-order valence-electron chi connectivity index (χ4n) is 9.84. The maximum atomic E-state index is 14.6. The van der Waals surface area contributed by atoms with Gasteiger partial charge in [-0.1, -0.05) is 16.4 Å². The van der Waals surface area contributed by atoms with Gasteiger partial charge in [0, 0.05) is 29.1 Å². The molecule has 43 heavy (non-hydrogen) atoms. The molecule has 1 aromatic carbocycles. The molecule has 13 rings (SSSR count). The second-order valence-electron chi connectivity index (χ2n) is 15.8. The number of anilines is 1. The number of halogens is 2. The predicted molar refractivity (Wildman–Crippen MR) is 150 cm³/mol. The van der Waals surface area contributed by atoms with Crippen molar-refractivity contribution in [2.24, 2.45) is 10.8 Å². The lowest BCUT2D eigenvalue weighted by molar-refractivity contribution is -0.211. The first-order valence-corrected chi connectivity index (χ1v) is 16.1. The van der Waals surface area contributed by atoms with Gasteiger partial charge in [0.2, 0.25) is 11.8 Å². The summed E-state index contributed by atoms with van der Waals surface area (Å²) in [7, 11) is 0. The third kappa shape index (κ3) is 3.43. The number of hydrogen-bond donors (Lipinski definition) is 0. The summed E-state index contributed by atoms with van der Waals surface area (Å²) in [5.41, 5.74) is -1.45. The van der Waals surface area contributed by atoms with Crippen molar-refractivity contribution >= 4 is 11.6 Å². The van der Waals surface area contributed by atoms with Crippen LogP contribution in [0.4, 0.5) is 14.5 Å². The molecule has 0 atom stereocenters. The van der Waals surface area contributed by atoms with Crippen molar-refractivity contribution in [3.63, 3.8) is 0 Å². The lowest BCUT2D eigenvalue weighted by atomic mass is 9.41. The highest BCUT2D eigenvalue weighted by molar-refractivity contribution is 6.00. The zero-order valence-electron chi connectivity index (χ0n) is 24.2. The topological polar surface area (TPSA) is 98.2 Å². The van der Waals surface area contributed by atoms with Gasteiger partial charge in [-0.25, -0.2) is 8.78 Å². The van der Waals surface area contributed by atoms with Crippen molar-refractivity contribution in [1.82, 2.24) is 20.3 Å². The number of aromatic nitrogens is 4. The average molecular weight is 588 g/mol. The molecule has 10 fully saturated rings. The third-order valence-corrected chi connectivity index (χ3v) is 12.7. The van der Waals surface area contributed by atoms with Crippen LogP contribution in [-0.4, -0.2) is 44.1 Å². The van der Waals surface area contributed by atoms with Crippen molar-refractivity contribution in [2.75, 3.05) is 11.4 Å². The molecule has 224 valence electrons. The molecule has 0 spiro atoms. The minimum Gasteiger partial charge on any atom is -0.339 e. The van der Waals surface area contributed by atoms with E-state index in [0.717, 1.165) is 74.3 Å². The molecule has 6 bridgehead atoms. The molecular formula is C33H35F2N5O3. The first-order chi connectivity index (χ1) is 20.6. The molecule has 1 amide bonds. The number of amides is 1.